The largest absolute Gasteiger partial charge is 0.497 e. The van der Waals surface area contributed by atoms with Crippen LogP contribution in [0.1, 0.15) is 5.69 Å². The molecular formula is C21H21N5O4S2. The third kappa shape index (κ3) is 4.48. The third-order valence-electron chi connectivity index (χ3n) is 4.60. The Kier molecular flexibility index (Phi) is 6.76. The van der Waals surface area contributed by atoms with Crippen LogP contribution in [0.15, 0.2) is 46.9 Å². The van der Waals surface area contributed by atoms with Crippen molar-refractivity contribution in [2.45, 2.75) is 10.9 Å². The van der Waals surface area contributed by atoms with E-state index in [9.17, 15) is 0 Å². The zero-order valence-electron chi connectivity index (χ0n) is 17.9. The van der Waals surface area contributed by atoms with Crippen LogP contribution in [0, 0.1) is 0 Å². The van der Waals surface area contributed by atoms with Crippen molar-refractivity contribution in [3.05, 3.63) is 47.5 Å². The Balaban J connectivity index is 1.54. The van der Waals surface area contributed by atoms with Crippen LogP contribution in [-0.4, -0.2) is 53.6 Å². The number of hydrogen-bond donors (Lipinski definition) is 0. The Labute approximate surface area is 193 Å². The molecule has 0 unspecified atom stereocenters. The minimum absolute atomic E-state index is 0.599. The molecule has 11 heteroatoms. The van der Waals surface area contributed by atoms with Crippen LogP contribution in [0.5, 0.6) is 23.0 Å². The fraction of sp³-hybridized carbons (Fsp3) is 0.238. The summed E-state index contributed by atoms with van der Waals surface area (Å²) in [6.07, 6.45) is 0. The lowest BCUT2D eigenvalue weighted by molar-refractivity contribution is 0.395. The van der Waals surface area contributed by atoms with Gasteiger partial charge in [-0.15, -0.1) is 16.4 Å². The van der Waals surface area contributed by atoms with E-state index < -0.39 is 0 Å². The molecule has 0 amide bonds. The number of aromatic nitrogens is 5. The van der Waals surface area contributed by atoms with Crippen molar-refractivity contribution in [1.29, 1.82) is 0 Å². The second-order valence-corrected chi connectivity index (χ2v) is 8.21. The first-order chi connectivity index (χ1) is 15.7. The number of tetrazole rings is 1. The standard InChI is InChI=1S/C21H21N5O4S2/c1-27-14-6-8-18(29-3)17(9-14)26-21(23-24-25-26)32-12-13-11-31-20(22-13)16-7-5-15(28-2)10-19(16)30-4/h5-11H,12H2,1-4H3. The molecule has 0 aliphatic carbocycles. The van der Waals surface area contributed by atoms with E-state index in [0.717, 1.165) is 22.0 Å². The minimum Gasteiger partial charge on any atom is -0.497 e. The van der Waals surface area contributed by atoms with E-state index in [4.69, 9.17) is 23.9 Å². The molecule has 2 aromatic heterocycles. The van der Waals surface area contributed by atoms with Crippen LogP contribution < -0.4 is 18.9 Å². The smallest absolute Gasteiger partial charge is 0.214 e. The average Bonchev–Trinajstić information content (AvgIpc) is 3.51. The second-order valence-electron chi connectivity index (χ2n) is 6.41. The average molecular weight is 472 g/mol. The van der Waals surface area contributed by atoms with Crippen LogP contribution in [-0.2, 0) is 5.75 Å². The topological polar surface area (TPSA) is 93.4 Å². The highest BCUT2D eigenvalue weighted by molar-refractivity contribution is 7.98. The van der Waals surface area contributed by atoms with E-state index in [2.05, 4.69) is 15.5 Å². The molecule has 0 saturated carbocycles. The number of methoxy groups -OCH3 is 4. The van der Waals surface area contributed by atoms with Crippen molar-refractivity contribution in [3.63, 3.8) is 0 Å². The maximum atomic E-state index is 5.51. The summed E-state index contributed by atoms with van der Waals surface area (Å²) in [7, 11) is 6.47. The Hall–Kier alpha value is -3.31. The summed E-state index contributed by atoms with van der Waals surface area (Å²) in [4.78, 5) is 4.76. The van der Waals surface area contributed by atoms with Crippen molar-refractivity contribution in [3.8, 4) is 39.3 Å². The van der Waals surface area contributed by atoms with Gasteiger partial charge in [-0.05, 0) is 34.7 Å². The predicted molar refractivity (Wildman–Crippen MR) is 122 cm³/mol. The molecule has 9 nitrogen and oxygen atoms in total. The van der Waals surface area contributed by atoms with Gasteiger partial charge in [0, 0.05) is 23.3 Å². The van der Waals surface area contributed by atoms with Gasteiger partial charge >= 0.3 is 0 Å². The van der Waals surface area contributed by atoms with Gasteiger partial charge in [-0.1, -0.05) is 11.8 Å². The van der Waals surface area contributed by atoms with Gasteiger partial charge in [-0.2, -0.15) is 4.68 Å². The van der Waals surface area contributed by atoms with Crippen LogP contribution in [0.25, 0.3) is 16.3 Å². The summed E-state index contributed by atoms with van der Waals surface area (Å²) in [5.41, 5.74) is 2.53. The first-order valence-corrected chi connectivity index (χ1v) is 11.3. The first kappa shape index (κ1) is 21.9. The fourth-order valence-corrected chi connectivity index (χ4v) is 4.72. The molecule has 0 radical (unpaired) electrons. The monoisotopic (exact) mass is 471 g/mol. The summed E-state index contributed by atoms with van der Waals surface area (Å²) >= 11 is 3.04. The molecule has 0 N–H and O–H groups in total. The molecule has 0 aliphatic rings. The molecule has 0 fully saturated rings. The quantitative estimate of drug-likeness (QED) is 0.334. The summed E-state index contributed by atoms with van der Waals surface area (Å²) < 4.78 is 23.2. The van der Waals surface area contributed by atoms with Crippen molar-refractivity contribution in [2.24, 2.45) is 0 Å². The number of nitrogens with zero attached hydrogens (tertiary/aromatic N) is 5. The lowest BCUT2D eigenvalue weighted by Gasteiger charge is -2.11. The highest BCUT2D eigenvalue weighted by Crippen LogP contribution is 2.36. The van der Waals surface area contributed by atoms with Gasteiger partial charge in [0.1, 0.15) is 33.7 Å². The van der Waals surface area contributed by atoms with Gasteiger partial charge in [-0.3, -0.25) is 0 Å². The number of benzene rings is 2. The van der Waals surface area contributed by atoms with Crippen LogP contribution in [0.2, 0.25) is 0 Å². The zero-order valence-corrected chi connectivity index (χ0v) is 19.6. The van der Waals surface area contributed by atoms with E-state index in [1.54, 1.807) is 44.5 Å². The van der Waals surface area contributed by atoms with E-state index >= 15 is 0 Å². The van der Waals surface area contributed by atoms with Crippen LogP contribution >= 0.6 is 23.1 Å². The highest BCUT2D eigenvalue weighted by atomic mass is 32.2. The Morgan fingerprint density at radius 2 is 1.66 bits per heavy atom. The molecule has 0 spiro atoms. The van der Waals surface area contributed by atoms with Gasteiger partial charge in [0.25, 0.3) is 0 Å². The van der Waals surface area contributed by atoms with Gasteiger partial charge in [0.2, 0.25) is 5.16 Å². The van der Waals surface area contributed by atoms with Gasteiger partial charge in [0.15, 0.2) is 0 Å². The Morgan fingerprint density at radius 3 is 2.41 bits per heavy atom. The Morgan fingerprint density at radius 1 is 0.906 bits per heavy atom. The van der Waals surface area contributed by atoms with Crippen molar-refractivity contribution in [1.82, 2.24) is 25.2 Å². The van der Waals surface area contributed by atoms with Gasteiger partial charge < -0.3 is 18.9 Å². The van der Waals surface area contributed by atoms with Gasteiger partial charge in [-0.25, -0.2) is 4.98 Å². The zero-order chi connectivity index (χ0) is 22.5. The van der Waals surface area contributed by atoms with E-state index in [1.807, 2.05) is 41.8 Å². The first-order valence-electron chi connectivity index (χ1n) is 9.47. The molecule has 2 heterocycles. The van der Waals surface area contributed by atoms with E-state index in [1.165, 1.54) is 11.8 Å². The van der Waals surface area contributed by atoms with Crippen molar-refractivity contribution >= 4 is 23.1 Å². The lowest BCUT2D eigenvalue weighted by Crippen LogP contribution is -2.02. The Bertz CT molecular complexity index is 1210. The second kappa shape index (κ2) is 9.88. The van der Waals surface area contributed by atoms with Crippen LogP contribution in [0.3, 0.4) is 0 Å². The SMILES string of the molecule is COc1ccc(-c2nc(CSc3nnnn3-c3cc(OC)ccc3OC)cs2)c(OC)c1. The maximum Gasteiger partial charge on any atom is 0.214 e. The van der Waals surface area contributed by atoms with Crippen molar-refractivity contribution in [2.75, 3.05) is 28.4 Å². The van der Waals surface area contributed by atoms with Crippen molar-refractivity contribution < 1.29 is 18.9 Å². The number of rotatable bonds is 9. The normalized spacial score (nSPS) is 10.8. The summed E-state index contributed by atoms with van der Waals surface area (Å²) in [5.74, 6) is 3.37. The third-order valence-corrected chi connectivity index (χ3v) is 6.47. The molecule has 32 heavy (non-hydrogen) atoms. The van der Waals surface area contributed by atoms with Gasteiger partial charge in [0.05, 0.1) is 39.7 Å². The van der Waals surface area contributed by atoms with E-state index in [-0.39, 0.29) is 0 Å². The number of thioether (sulfide) groups is 1. The number of thiazole rings is 1. The highest BCUT2D eigenvalue weighted by Gasteiger charge is 2.16. The van der Waals surface area contributed by atoms with Crippen LogP contribution in [0.4, 0.5) is 0 Å². The fourth-order valence-electron chi connectivity index (χ4n) is 2.99. The summed E-state index contributed by atoms with van der Waals surface area (Å²) in [6.45, 7) is 0. The summed E-state index contributed by atoms with van der Waals surface area (Å²) in [6, 6.07) is 11.2. The molecule has 0 aliphatic heterocycles. The number of hydrogen-bond acceptors (Lipinski definition) is 10. The predicted octanol–water partition coefficient (Wildman–Crippen LogP) is 4.11. The number of ether oxygens (including phenoxy) is 4. The molecule has 4 aromatic rings. The summed E-state index contributed by atoms with van der Waals surface area (Å²) in [5, 5.41) is 15.6. The molecule has 0 saturated heterocycles. The molecular weight excluding hydrogens is 450 g/mol. The van der Waals surface area contributed by atoms with E-state index in [0.29, 0.717) is 33.8 Å². The molecule has 2 aromatic carbocycles. The lowest BCUT2D eigenvalue weighted by atomic mass is 10.2. The molecule has 166 valence electrons. The maximum absolute atomic E-state index is 5.51. The molecule has 4 rings (SSSR count). The molecule has 0 bridgehead atoms. The minimum atomic E-state index is 0.599. The molecule has 0 atom stereocenters.